The maximum atomic E-state index is 14.0. The largest absolute Gasteiger partial charge is 0.369 e. The maximum absolute atomic E-state index is 14.0. The third-order valence-corrected chi connectivity index (χ3v) is 3.95. The van der Waals surface area contributed by atoms with Crippen molar-refractivity contribution in [2.24, 2.45) is 0 Å². The Balaban J connectivity index is 1.76. The fraction of sp³-hybridized carbons (Fsp3) is 0.278. The summed E-state index contributed by atoms with van der Waals surface area (Å²) in [6, 6.07) is 15.0. The number of hydrogen-bond donors (Lipinski definition) is 0. The zero-order chi connectivity index (χ0) is 14.7. The number of ether oxygens (including phenoxy) is 1. The molecule has 2 aromatic rings. The van der Waals surface area contributed by atoms with Crippen LogP contribution >= 0.6 is 0 Å². The van der Waals surface area contributed by atoms with E-state index in [2.05, 4.69) is 12.1 Å². The summed E-state index contributed by atoms with van der Waals surface area (Å²) >= 11 is 0. The van der Waals surface area contributed by atoms with Gasteiger partial charge >= 0.3 is 0 Å². The maximum Gasteiger partial charge on any atom is 0.146 e. The Morgan fingerprint density at radius 1 is 1.19 bits per heavy atom. The second-order valence-corrected chi connectivity index (χ2v) is 5.28. The second-order valence-electron chi connectivity index (χ2n) is 5.28. The lowest BCUT2D eigenvalue weighted by Gasteiger charge is -2.25. The van der Waals surface area contributed by atoms with Crippen LogP contribution in [-0.2, 0) is 17.8 Å². The molecule has 0 radical (unpaired) electrons. The van der Waals surface area contributed by atoms with Gasteiger partial charge in [0.15, 0.2) is 0 Å². The molecular formula is C18H16FNO. The lowest BCUT2D eigenvalue weighted by molar-refractivity contribution is 0.0268. The molecule has 0 saturated heterocycles. The Labute approximate surface area is 123 Å². The van der Waals surface area contributed by atoms with E-state index in [0.29, 0.717) is 5.56 Å². The molecule has 1 aliphatic rings. The molecule has 0 amide bonds. The first-order valence-corrected chi connectivity index (χ1v) is 7.16. The third-order valence-electron chi connectivity index (χ3n) is 3.95. The number of rotatable bonds is 3. The van der Waals surface area contributed by atoms with Gasteiger partial charge in [-0.05, 0) is 36.5 Å². The van der Waals surface area contributed by atoms with Crippen LogP contribution in [0.5, 0.6) is 0 Å². The van der Waals surface area contributed by atoms with Crippen molar-refractivity contribution in [3.63, 3.8) is 0 Å². The van der Waals surface area contributed by atoms with Gasteiger partial charge in [0.05, 0.1) is 18.3 Å². The van der Waals surface area contributed by atoms with Crippen molar-refractivity contribution in [1.82, 2.24) is 0 Å². The topological polar surface area (TPSA) is 33.0 Å². The Morgan fingerprint density at radius 3 is 2.90 bits per heavy atom. The summed E-state index contributed by atoms with van der Waals surface area (Å²) in [5.41, 5.74) is 3.04. The minimum atomic E-state index is -0.468. The molecule has 0 aromatic heterocycles. The smallest absolute Gasteiger partial charge is 0.146 e. The molecule has 0 aliphatic heterocycles. The molecule has 21 heavy (non-hydrogen) atoms. The minimum absolute atomic E-state index is 0.0140. The van der Waals surface area contributed by atoms with E-state index < -0.39 is 5.82 Å². The molecule has 2 aromatic carbocycles. The first-order valence-electron chi connectivity index (χ1n) is 7.16. The molecular weight excluding hydrogens is 265 g/mol. The van der Waals surface area contributed by atoms with E-state index >= 15 is 0 Å². The van der Waals surface area contributed by atoms with Crippen molar-refractivity contribution in [2.45, 2.75) is 32.0 Å². The SMILES string of the molecule is N#Cc1cccc(COC2CCCc3ccccc32)c1F. The number of hydrogen-bond acceptors (Lipinski definition) is 2. The van der Waals surface area contributed by atoms with Gasteiger partial charge in [0.25, 0.3) is 0 Å². The van der Waals surface area contributed by atoms with Gasteiger partial charge in [0.1, 0.15) is 11.9 Å². The van der Waals surface area contributed by atoms with Crippen LogP contribution in [0.1, 0.15) is 41.2 Å². The monoisotopic (exact) mass is 281 g/mol. The molecule has 0 N–H and O–H groups in total. The van der Waals surface area contributed by atoms with E-state index in [9.17, 15) is 4.39 Å². The Bertz CT molecular complexity index is 690. The van der Waals surface area contributed by atoms with Crippen LogP contribution in [0.3, 0.4) is 0 Å². The number of aryl methyl sites for hydroxylation is 1. The highest BCUT2D eigenvalue weighted by Crippen LogP contribution is 2.33. The number of nitrogens with zero attached hydrogens (tertiary/aromatic N) is 1. The quantitative estimate of drug-likeness (QED) is 0.840. The Kier molecular flexibility index (Phi) is 3.98. The third kappa shape index (κ3) is 2.81. The van der Waals surface area contributed by atoms with Crippen molar-refractivity contribution in [1.29, 1.82) is 5.26 Å². The van der Waals surface area contributed by atoms with Crippen LogP contribution in [0.4, 0.5) is 4.39 Å². The van der Waals surface area contributed by atoms with E-state index in [-0.39, 0.29) is 18.3 Å². The van der Waals surface area contributed by atoms with Crippen molar-refractivity contribution < 1.29 is 9.13 Å². The van der Waals surface area contributed by atoms with Gasteiger partial charge in [0, 0.05) is 5.56 Å². The van der Waals surface area contributed by atoms with Crippen molar-refractivity contribution in [2.75, 3.05) is 0 Å². The summed E-state index contributed by atoms with van der Waals surface area (Å²) in [6.07, 6.45) is 3.13. The first-order chi connectivity index (χ1) is 10.3. The second kappa shape index (κ2) is 6.07. The van der Waals surface area contributed by atoms with E-state index in [4.69, 9.17) is 10.00 Å². The number of fused-ring (bicyclic) bond motifs is 1. The van der Waals surface area contributed by atoms with E-state index in [1.165, 1.54) is 17.2 Å². The number of benzene rings is 2. The standard InChI is InChI=1S/C18H16FNO/c19-18-14(11-20)7-3-8-15(18)12-21-17-10-4-6-13-5-1-2-9-16(13)17/h1-3,5,7-9,17H,4,6,10,12H2. The lowest BCUT2D eigenvalue weighted by Crippen LogP contribution is -2.13. The average molecular weight is 281 g/mol. The summed E-state index contributed by atoms with van der Waals surface area (Å²) in [4.78, 5) is 0. The molecule has 3 rings (SSSR count). The average Bonchev–Trinajstić information content (AvgIpc) is 2.54. The van der Waals surface area contributed by atoms with Crippen LogP contribution < -0.4 is 0 Å². The highest BCUT2D eigenvalue weighted by molar-refractivity contribution is 5.35. The number of nitriles is 1. The van der Waals surface area contributed by atoms with Crippen LogP contribution in [-0.4, -0.2) is 0 Å². The molecule has 0 heterocycles. The summed E-state index contributed by atoms with van der Waals surface area (Å²) in [6.45, 7) is 0.195. The van der Waals surface area contributed by atoms with E-state index in [1.807, 2.05) is 18.2 Å². The highest BCUT2D eigenvalue weighted by Gasteiger charge is 2.20. The first kappa shape index (κ1) is 13.8. The predicted octanol–water partition coefficient (Wildman–Crippen LogP) is 4.29. The molecule has 1 atom stereocenters. The zero-order valence-corrected chi connectivity index (χ0v) is 11.7. The molecule has 1 aliphatic carbocycles. The van der Waals surface area contributed by atoms with Gasteiger partial charge in [-0.2, -0.15) is 5.26 Å². The summed E-state index contributed by atoms with van der Waals surface area (Å²) < 4.78 is 19.9. The minimum Gasteiger partial charge on any atom is -0.369 e. The lowest BCUT2D eigenvalue weighted by atomic mass is 9.89. The molecule has 0 spiro atoms. The van der Waals surface area contributed by atoms with Crippen LogP contribution in [0.15, 0.2) is 42.5 Å². The van der Waals surface area contributed by atoms with Crippen LogP contribution in [0, 0.1) is 17.1 Å². The summed E-state index contributed by atoms with van der Waals surface area (Å²) in [5.74, 6) is -0.468. The van der Waals surface area contributed by atoms with Crippen LogP contribution in [0.25, 0.3) is 0 Å². The van der Waals surface area contributed by atoms with Gasteiger partial charge in [-0.25, -0.2) is 4.39 Å². The molecule has 0 fully saturated rings. The van der Waals surface area contributed by atoms with E-state index in [1.54, 1.807) is 12.1 Å². The van der Waals surface area contributed by atoms with Gasteiger partial charge in [-0.15, -0.1) is 0 Å². The van der Waals surface area contributed by atoms with E-state index in [0.717, 1.165) is 19.3 Å². The van der Waals surface area contributed by atoms with Gasteiger partial charge in [-0.3, -0.25) is 0 Å². The molecule has 3 heteroatoms. The summed E-state index contributed by atoms with van der Waals surface area (Å²) in [7, 11) is 0. The van der Waals surface area contributed by atoms with Crippen LogP contribution in [0.2, 0.25) is 0 Å². The Hall–Kier alpha value is -2.18. The Morgan fingerprint density at radius 2 is 2.05 bits per heavy atom. The highest BCUT2D eigenvalue weighted by atomic mass is 19.1. The molecule has 2 nitrogen and oxygen atoms in total. The van der Waals surface area contributed by atoms with Gasteiger partial charge in [0.2, 0.25) is 0 Å². The van der Waals surface area contributed by atoms with Gasteiger partial charge in [-0.1, -0.05) is 36.4 Å². The molecule has 0 saturated carbocycles. The summed E-state index contributed by atoms with van der Waals surface area (Å²) in [5, 5.41) is 8.86. The molecule has 1 unspecified atom stereocenters. The van der Waals surface area contributed by atoms with Gasteiger partial charge < -0.3 is 4.74 Å². The molecule has 106 valence electrons. The van der Waals surface area contributed by atoms with Crippen molar-refractivity contribution in [3.8, 4) is 6.07 Å². The normalized spacial score (nSPS) is 17.0. The van der Waals surface area contributed by atoms with Crippen molar-refractivity contribution in [3.05, 3.63) is 70.5 Å². The fourth-order valence-corrected chi connectivity index (χ4v) is 2.85. The number of halogens is 1. The fourth-order valence-electron chi connectivity index (χ4n) is 2.85. The van der Waals surface area contributed by atoms with Crippen molar-refractivity contribution >= 4 is 0 Å². The molecule has 0 bridgehead atoms. The zero-order valence-electron chi connectivity index (χ0n) is 11.7. The predicted molar refractivity (Wildman–Crippen MR) is 78.0 cm³/mol.